The number of nitrogens with one attached hydrogen (secondary N) is 1. The van der Waals surface area contributed by atoms with Crippen LogP contribution in [0.25, 0.3) is 5.57 Å². The molecule has 0 radical (unpaired) electrons. The molecule has 0 atom stereocenters. The Hall–Kier alpha value is -1.72. The van der Waals surface area contributed by atoms with Gasteiger partial charge in [0.15, 0.2) is 0 Å². The molecule has 1 amide bonds. The van der Waals surface area contributed by atoms with E-state index in [0.717, 1.165) is 11.1 Å². The van der Waals surface area contributed by atoms with Gasteiger partial charge in [0.2, 0.25) is 5.91 Å². The molecule has 2 nitrogen and oxygen atoms in total. The van der Waals surface area contributed by atoms with Gasteiger partial charge in [0.05, 0.1) is 5.02 Å². The van der Waals surface area contributed by atoms with E-state index in [-0.39, 0.29) is 5.91 Å². The lowest BCUT2D eigenvalue weighted by atomic mass is 10.1. The molecule has 0 spiro atoms. The molecule has 3 heteroatoms. The summed E-state index contributed by atoms with van der Waals surface area (Å²) in [5.74, 6) is -0.159. The van der Waals surface area contributed by atoms with Gasteiger partial charge in [-0.1, -0.05) is 24.2 Å². The highest BCUT2D eigenvalue weighted by Crippen LogP contribution is 2.22. The first-order chi connectivity index (χ1) is 6.66. The van der Waals surface area contributed by atoms with Crippen LogP contribution in [-0.2, 0) is 4.79 Å². The fourth-order valence-electron chi connectivity index (χ4n) is 1.23. The molecule has 68 valence electrons. The molecular formula is C11H6ClNO. The number of rotatable bonds is 1. The van der Waals surface area contributed by atoms with Crippen LogP contribution in [0.15, 0.2) is 30.5 Å². The second-order valence-electron chi connectivity index (χ2n) is 2.87. The van der Waals surface area contributed by atoms with Crippen LogP contribution in [0.4, 0.5) is 0 Å². The summed E-state index contributed by atoms with van der Waals surface area (Å²) in [5, 5.41) is 3.08. The van der Waals surface area contributed by atoms with Crippen molar-refractivity contribution in [1.29, 1.82) is 0 Å². The van der Waals surface area contributed by atoms with Gasteiger partial charge in [-0.05, 0) is 18.2 Å². The first-order valence-corrected chi connectivity index (χ1v) is 4.36. The van der Waals surface area contributed by atoms with Crippen LogP contribution in [0, 0.1) is 12.1 Å². The van der Waals surface area contributed by atoms with Gasteiger partial charge in [0.1, 0.15) is 0 Å². The lowest BCUT2D eigenvalue weighted by Gasteiger charge is -2.00. The number of allylic oxidation sites excluding steroid dienone is 1. The van der Waals surface area contributed by atoms with E-state index in [1.807, 2.05) is 0 Å². The van der Waals surface area contributed by atoms with Gasteiger partial charge in [-0.25, -0.2) is 0 Å². The zero-order chi connectivity index (χ0) is 10.1. The van der Waals surface area contributed by atoms with Crippen LogP contribution in [0.2, 0.25) is 5.02 Å². The Morgan fingerprint density at radius 3 is 2.64 bits per heavy atom. The molecule has 0 aromatic heterocycles. The maximum Gasteiger partial charge on any atom is 0.249 e. The van der Waals surface area contributed by atoms with Crippen LogP contribution in [0.3, 0.4) is 0 Å². The molecule has 0 unspecified atom stereocenters. The smallest absolute Gasteiger partial charge is 0.249 e. The van der Waals surface area contributed by atoms with E-state index in [4.69, 9.17) is 11.6 Å². The van der Waals surface area contributed by atoms with Crippen molar-refractivity contribution in [3.05, 3.63) is 53.2 Å². The molecule has 0 aliphatic carbocycles. The summed E-state index contributed by atoms with van der Waals surface area (Å²) in [5.41, 5.74) is 2.09. The van der Waals surface area contributed by atoms with E-state index >= 15 is 0 Å². The minimum absolute atomic E-state index is 0.159. The Balaban J connectivity index is 2.41. The molecular weight excluding hydrogens is 198 g/mol. The van der Waals surface area contributed by atoms with E-state index in [2.05, 4.69) is 24.0 Å². The van der Waals surface area contributed by atoms with Crippen molar-refractivity contribution >= 4 is 23.1 Å². The number of hydrogen-bond donors (Lipinski definition) is 1. The number of halogens is 1. The number of carbonyl (C=O) groups is 1. The topological polar surface area (TPSA) is 29.1 Å². The van der Waals surface area contributed by atoms with Gasteiger partial charge < -0.3 is 5.32 Å². The van der Waals surface area contributed by atoms with Crippen LogP contribution in [0.5, 0.6) is 0 Å². The first-order valence-electron chi connectivity index (χ1n) is 3.98. The van der Waals surface area contributed by atoms with Gasteiger partial charge in [0, 0.05) is 22.9 Å². The summed E-state index contributed by atoms with van der Waals surface area (Å²) in [4.78, 5) is 11.0. The molecule has 2 rings (SSSR count). The highest BCUT2D eigenvalue weighted by atomic mass is 35.5. The minimum Gasteiger partial charge on any atom is -0.322 e. The standard InChI is InChI=1S/C11H6ClNO/c1-7-10(6-11(14)13-7)8-2-4-9(12)5-3-8/h2,4,6H,1H2,(H,13,14). The van der Waals surface area contributed by atoms with Crippen molar-refractivity contribution in [2.24, 2.45) is 0 Å². The Morgan fingerprint density at radius 2 is 2.14 bits per heavy atom. The maximum atomic E-state index is 11.0. The monoisotopic (exact) mass is 203 g/mol. The summed E-state index contributed by atoms with van der Waals surface area (Å²) >= 11 is 5.67. The van der Waals surface area contributed by atoms with Crippen LogP contribution in [0.1, 0.15) is 5.56 Å². The lowest BCUT2D eigenvalue weighted by Crippen LogP contribution is -2.12. The summed E-state index contributed by atoms with van der Waals surface area (Å²) in [6, 6.07) is 9.06. The van der Waals surface area contributed by atoms with Gasteiger partial charge in [0.25, 0.3) is 0 Å². The average molecular weight is 204 g/mol. The molecule has 1 aliphatic heterocycles. The summed E-state index contributed by atoms with van der Waals surface area (Å²) in [7, 11) is 0. The van der Waals surface area contributed by atoms with Crippen LogP contribution >= 0.6 is 11.6 Å². The average Bonchev–Trinajstić information content (AvgIpc) is 2.47. The van der Waals surface area contributed by atoms with E-state index < -0.39 is 0 Å². The van der Waals surface area contributed by atoms with Crippen molar-refractivity contribution in [2.45, 2.75) is 0 Å². The molecule has 14 heavy (non-hydrogen) atoms. The maximum absolute atomic E-state index is 11.0. The molecule has 1 aromatic rings. The molecule has 1 N–H and O–H groups in total. The van der Waals surface area contributed by atoms with Crippen molar-refractivity contribution < 1.29 is 4.79 Å². The van der Waals surface area contributed by atoms with Crippen LogP contribution in [-0.4, -0.2) is 5.91 Å². The molecule has 0 saturated carbocycles. The van der Waals surface area contributed by atoms with Gasteiger partial charge in [-0.15, -0.1) is 0 Å². The third-order valence-corrected chi connectivity index (χ3v) is 2.10. The predicted octanol–water partition coefficient (Wildman–Crippen LogP) is 1.97. The fraction of sp³-hybridized carbons (Fsp3) is 0. The largest absolute Gasteiger partial charge is 0.322 e. The van der Waals surface area contributed by atoms with Crippen molar-refractivity contribution in [1.82, 2.24) is 5.32 Å². The summed E-state index contributed by atoms with van der Waals surface area (Å²) < 4.78 is 0. The van der Waals surface area contributed by atoms with Gasteiger partial charge in [-0.2, -0.15) is 0 Å². The lowest BCUT2D eigenvalue weighted by molar-refractivity contribution is -0.115. The highest BCUT2D eigenvalue weighted by Gasteiger charge is 2.16. The van der Waals surface area contributed by atoms with E-state index in [9.17, 15) is 4.79 Å². The Kier molecular flexibility index (Phi) is 2.03. The molecule has 0 fully saturated rings. The molecule has 0 saturated heterocycles. The molecule has 1 aliphatic rings. The van der Waals surface area contributed by atoms with Crippen molar-refractivity contribution in [2.75, 3.05) is 0 Å². The summed E-state index contributed by atoms with van der Waals surface area (Å²) in [6.45, 7) is 3.72. The molecule has 0 bridgehead atoms. The van der Waals surface area contributed by atoms with E-state index in [1.165, 1.54) is 6.08 Å². The summed E-state index contributed by atoms with van der Waals surface area (Å²) in [6.07, 6.45) is 1.48. The SMILES string of the molecule is C=C1NC(=O)C=C1c1c#cc(Cl)cc1. The predicted molar refractivity (Wildman–Crippen MR) is 54.4 cm³/mol. The minimum atomic E-state index is -0.159. The number of hydrogen-bond acceptors (Lipinski definition) is 1. The first kappa shape index (κ1) is 8.86. The fourth-order valence-corrected chi connectivity index (χ4v) is 1.34. The Labute approximate surface area is 86.9 Å². The second kappa shape index (κ2) is 3.21. The van der Waals surface area contributed by atoms with E-state index in [1.54, 1.807) is 12.1 Å². The normalized spacial score (nSPS) is 14.8. The van der Waals surface area contributed by atoms with Crippen LogP contribution < -0.4 is 5.32 Å². The Bertz CT molecular complexity index is 431. The van der Waals surface area contributed by atoms with Gasteiger partial charge >= 0.3 is 0 Å². The van der Waals surface area contributed by atoms with E-state index in [0.29, 0.717) is 10.7 Å². The third-order valence-electron chi connectivity index (χ3n) is 1.88. The van der Waals surface area contributed by atoms with Crippen molar-refractivity contribution in [3.8, 4) is 0 Å². The quantitative estimate of drug-likeness (QED) is 0.743. The second-order valence-corrected chi connectivity index (χ2v) is 3.28. The number of carbonyl (C=O) groups excluding carboxylic acids is 1. The highest BCUT2D eigenvalue weighted by molar-refractivity contribution is 6.30. The Morgan fingerprint density at radius 1 is 1.36 bits per heavy atom. The van der Waals surface area contributed by atoms with Gasteiger partial charge in [-0.3, -0.25) is 4.79 Å². The third kappa shape index (κ3) is 1.50. The molecule has 1 aromatic carbocycles. The number of amides is 1. The zero-order valence-electron chi connectivity index (χ0n) is 7.23. The molecule has 1 heterocycles. The van der Waals surface area contributed by atoms with Crippen molar-refractivity contribution in [3.63, 3.8) is 0 Å². The zero-order valence-corrected chi connectivity index (χ0v) is 7.98.